The summed E-state index contributed by atoms with van der Waals surface area (Å²) in [6.45, 7) is 2.58. The Bertz CT molecular complexity index is 620. The van der Waals surface area contributed by atoms with E-state index in [1.807, 2.05) is 6.92 Å². The van der Waals surface area contributed by atoms with Crippen molar-refractivity contribution >= 4 is 40.7 Å². The van der Waals surface area contributed by atoms with Gasteiger partial charge in [-0.25, -0.2) is 0 Å². The number of benzene rings is 1. The van der Waals surface area contributed by atoms with Gasteiger partial charge < -0.3 is 14.8 Å². The maximum atomic E-state index is 11.0. The van der Waals surface area contributed by atoms with Crippen molar-refractivity contribution in [2.45, 2.75) is 13.3 Å². The van der Waals surface area contributed by atoms with Crippen molar-refractivity contribution < 1.29 is 14.3 Å². The van der Waals surface area contributed by atoms with Gasteiger partial charge in [0.1, 0.15) is 0 Å². The van der Waals surface area contributed by atoms with Gasteiger partial charge in [0.25, 0.3) is 0 Å². The monoisotopic (exact) mass is 341 g/mol. The maximum absolute atomic E-state index is 11.0. The third-order valence-corrected chi connectivity index (χ3v) is 3.79. The number of nitrogens with one attached hydrogen (secondary N) is 1. The molecule has 118 valence electrons. The Kier molecular flexibility index (Phi) is 6.09. The van der Waals surface area contributed by atoms with E-state index >= 15 is 0 Å². The summed E-state index contributed by atoms with van der Waals surface area (Å²) in [6, 6.07) is 3.49. The molecule has 0 bridgehead atoms. The van der Waals surface area contributed by atoms with E-state index < -0.39 is 0 Å². The summed E-state index contributed by atoms with van der Waals surface area (Å²) in [5, 5.41) is 11.4. The zero-order valence-corrected chi connectivity index (χ0v) is 13.8. The van der Waals surface area contributed by atoms with Crippen LogP contribution < -0.4 is 14.8 Å². The number of thioether (sulfide) groups is 1. The SMILES string of the molecule is CCCOc1c(Cl)cc(C=NN=C2NC(=O)CS2)cc1OC. The number of methoxy groups -OCH3 is 1. The lowest BCUT2D eigenvalue weighted by Gasteiger charge is -2.12. The molecule has 6 nitrogen and oxygen atoms in total. The largest absolute Gasteiger partial charge is 0.493 e. The molecule has 1 N–H and O–H groups in total. The molecule has 0 atom stereocenters. The molecule has 8 heteroatoms. The molecule has 1 fully saturated rings. The van der Waals surface area contributed by atoms with E-state index in [0.717, 1.165) is 12.0 Å². The first-order valence-electron chi connectivity index (χ1n) is 6.68. The Balaban J connectivity index is 2.14. The minimum atomic E-state index is -0.0684. The first kappa shape index (κ1) is 16.6. The fourth-order valence-electron chi connectivity index (χ4n) is 1.69. The zero-order chi connectivity index (χ0) is 15.9. The fraction of sp³-hybridized carbons (Fsp3) is 0.357. The van der Waals surface area contributed by atoms with Gasteiger partial charge in [-0.05, 0) is 18.6 Å². The number of hydrogen-bond donors (Lipinski definition) is 1. The number of amidine groups is 1. The van der Waals surface area contributed by atoms with E-state index in [1.54, 1.807) is 19.2 Å². The van der Waals surface area contributed by atoms with Gasteiger partial charge in [0.15, 0.2) is 16.7 Å². The van der Waals surface area contributed by atoms with Gasteiger partial charge in [0.2, 0.25) is 5.91 Å². The highest BCUT2D eigenvalue weighted by Crippen LogP contribution is 2.36. The normalized spacial score (nSPS) is 16.3. The van der Waals surface area contributed by atoms with Crippen molar-refractivity contribution in [3.8, 4) is 11.5 Å². The van der Waals surface area contributed by atoms with E-state index in [2.05, 4.69) is 15.5 Å². The average Bonchev–Trinajstić information content (AvgIpc) is 2.91. The predicted molar refractivity (Wildman–Crippen MR) is 89.4 cm³/mol. The summed E-state index contributed by atoms with van der Waals surface area (Å²) in [7, 11) is 1.55. The van der Waals surface area contributed by atoms with Crippen LogP contribution in [-0.4, -0.2) is 36.8 Å². The van der Waals surface area contributed by atoms with Crippen LogP contribution >= 0.6 is 23.4 Å². The van der Waals surface area contributed by atoms with Crippen LogP contribution in [0.1, 0.15) is 18.9 Å². The van der Waals surface area contributed by atoms with Crippen LogP contribution in [0.15, 0.2) is 22.3 Å². The van der Waals surface area contributed by atoms with E-state index in [9.17, 15) is 4.79 Å². The highest BCUT2D eigenvalue weighted by atomic mass is 35.5. The Morgan fingerprint density at radius 1 is 1.50 bits per heavy atom. The molecule has 1 aromatic rings. The maximum Gasteiger partial charge on any atom is 0.236 e. The lowest BCUT2D eigenvalue weighted by Crippen LogP contribution is -2.19. The van der Waals surface area contributed by atoms with Gasteiger partial charge in [0, 0.05) is 5.56 Å². The molecule has 0 radical (unpaired) electrons. The number of nitrogens with zero attached hydrogens (tertiary/aromatic N) is 2. The van der Waals surface area contributed by atoms with Crippen molar-refractivity contribution in [2.75, 3.05) is 19.5 Å². The first-order valence-corrected chi connectivity index (χ1v) is 8.04. The van der Waals surface area contributed by atoms with Crippen molar-refractivity contribution in [2.24, 2.45) is 10.2 Å². The third-order valence-electron chi connectivity index (χ3n) is 2.64. The second-order valence-corrected chi connectivity index (χ2v) is 5.74. The van der Waals surface area contributed by atoms with Crippen molar-refractivity contribution in [3.05, 3.63) is 22.7 Å². The van der Waals surface area contributed by atoms with E-state index in [-0.39, 0.29) is 5.91 Å². The van der Waals surface area contributed by atoms with Gasteiger partial charge in [-0.1, -0.05) is 30.3 Å². The van der Waals surface area contributed by atoms with Crippen molar-refractivity contribution in [3.63, 3.8) is 0 Å². The average molecular weight is 342 g/mol. The molecule has 0 aromatic heterocycles. The molecule has 0 spiro atoms. The van der Waals surface area contributed by atoms with Crippen LogP contribution in [0.4, 0.5) is 0 Å². The van der Waals surface area contributed by atoms with Crippen molar-refractivity contribution in [1.29, 1.82) is 0 Å². The standard InChI is InChI=1S/C14H16ClN3O3S/c1-3-4-21-13-10(15)5-9(6-11(13)20-2)7-16-18-14-17-12(19)8-22-14/h5-7H,3-4,8H2,1-2H3,(H,17,18,19). The van der Waals surface area contributed by atoms with Gasteiger partial charge in [-0.15, -0.1) is 5.10 Å². The smallest absolute Gasteiger partial charge is 0.236 e. The number of carbonyl (C=O) groups is 1. The summed E-state index contributed by atoms with van der Waals surface area (Å²) in [6.07, 6.45) is 2.42. The van der Waals surface area contributed by atoms with Crippen LogP contribution in [-0.2, 0) is 4.79 Å². The molecular weight excluding hydrogens is 326 g/mol. The highest BCUT2D eigenvalue weighted by Gasteiger charge is 2.16. The molecule has 1 heterocycles. The minimum absolute atomic E-state index is 0.0684. The van der Waals surface area contributed by atoms with Gasteiger partial charge >= 0.3 is 0 Å². The number of carbonyl (C=O) groups excluding carboxylic acids is 1. The Hall–Kier alpha value is -1.73. The molecule has 2 rings (SSSR count). The quantitative estimate of drug-likeness (QED) is 0.638. The number of hydrogen-bond acceptors (Lipinski definition) is 6. The molecule has 1 aromatic carbocycles. The summed E-state index contributed by atoms with van der Waals surface area (Å²) >= 11 is 7.52. The van der Waals surface area contributed by atoms with Crippen LogP contribution in [0, 0.1) is 0 Å². The lowest BCUT2D eigenvalue weighted by atomic mass is 10.2. The van der Waals surface area contributed by atoms with Crippen LogP contribution in [0.3, 0.4) is 0 Å². The molecule has 0 saturated carbocycles. The fourth-order valence-corrected chi connectivity index (χ4v) is 2.59. The van der Waals surface area contributed by atoms with Crippen molar-refractivity contribution in [1.82, 2.24) is 5.32 Å². The second-order valence-electron chi connectivity index (χ2n) is 4.37. The summed E-state index contributed by atoms with van der Waals surface area (Å²) in [5.41, 5.74) is 0.726. The first-order chi connectivity index (χ1) is 10.6. The topological polar surface area (TPSA) is 72.3 Å². The van der Waals surface area contributed by atoms with Gasteiger partial charge in [0.05, 0.1) is 30.7 Å². The number of halogens is 1. The summed E-state index contributed by atoms with van der Waals surface area (Å²) in [4.78, 5) is 11.0. The molecule has 0 unspecified atom stereocenters. The third kappa shape index (κ3) is 4.38. The molecule has 1 aliphatic heterocycles. The Morgan fingerprint density at radius 3 is 2.95 bits per heavy atom. The molecule has 22 heavy (non-hydrogen) atoms. The Morgan fingerprint density at radius 2 is 2.32 bits per heavy atom. The second kappa shape index (κ2) is 8.05. The lowest BCUT2D eigenvalue weighted by molar-refractivity contribution is -0.116. The molecular formula is C14H16ClN3O3S. The molecule has 0 aliphatic carbocycles. The van der Waals surface area contributed by atoms with Crippen LogP contribution in [0.5, 0.6) is 11.5 Å². The summed E-state index contributed by atoms with van der Waals surface area (Å²) in [5.74, 6) is 1.37. The summed E-state index contributed by atoms with van der Waals surface area (Å²) < 4.78 is 10.9. The van der Waals surface area contributed by atoms with E-state index in [0.29, 0.717) is 34.0 Å². The van der Waals surface area contributed by atoms with E-state index in [4.69, 9.17) is 21.1 Å². The predicted octanol–water partition coefficient (Wildman–Crippen LogP) is 2.69. The zero-order valence-electron chi connectivity index (χ0n) is 12.3. The van der Waals surface area contributed by atoms with E-state index in [1.165, 1.54) is 18.0 Å². The highest BCUT2D eigenvalue weighted by molar-refractivity contribution is 8.15. The van der Waals surface area contributed by atoms with Crippen LogP contribution in [0.25, 0.3) is 0 Å². The van der Waals surface area contributed by atoms with Gasteiger partial charge in [-0.3, -0.25) is 4.79 Å². The number of amides is 1. The number of ether oxygens (including phenoxy) is 2. The molecule has 1 aliphatic rings. The number of rotatable bonds is 6. The molecule has 1 saturated heterocycles. The Labute approximate surface area is 137 Å². The molecule has 1 amide bonds. The minimum Gasteiger partial charge on any atom is -0.493 e. The van der Waals surface area contributed by atoms with Gasteiger partial charge in [-0.2, -0.15) is 5.10 Å². The van der Waals surface area contributed by atoms with Crippen LogP contribution in [0.2, 0.25) is 5.02 Å².